The van der Waals surface area contributed by atoms with E-state index >= 15 is 0 Å². The van der Waals surface area contributed by atoms with E-state index in [1.54, 1.807) is 5.57 Å². The van der Waals surface area contributed by atoms with Crippen molar-refractivity contribution in [2.75, 3.05) is 0 Å². The maximum absolute atomic E-state index is 6.64. The van der Waals surface area contributed by atoms with E-state index in [1.165, 1.54) is 51.4 Å². The molecule has 4 rings (SSSR count). The van der Waals surface area contributed by atoms with Gasteiger partial charge < -0.3 is 8.85 Å². The van der Waals surface area contributed by atoms with Crippen molar-refractivity contribution >= 4 is 16.6 Å². The van der Waals surface area contributed by atoms with E-state index in [0.717, 1.165) is 17.8 Å². The molecule has 4 aliphatic rings. The molecule has 166 valence electrons. The summed E-state index contributed by atoms with van der Waals surface area (Å²) in [5.41, 5.74) is 2.71. The lowest BCUT2D eigenvalue weighted by atomic mass is 9.48. The minimum absolute atomic E-state index is 0.432. The van der Waals surface area contributed by atoms with Crippen LogP contribution in [0.4, 0.5) is 0 Å². The fraction of sp³-hybridized carbons (Fsp3) is 0.920. The van der Waals surface area contributed by atoms with E-state index in [1.807, 2.05) is 0 Å². The van der Waals surface area contributed by atoms with Crippen molar-refractivity contribution in [1.29, 1.82) is 0 Å². The highest BCUT2D eigenvalue weighted by Crippen LogP contribution is 2.65. The first-order chi connectivity index (χ1) is 13.3. The summed E-state index contributed by atoms with van der Waals surface area (Å²) in [5.74, 6) is 2.64. The standard InChI is InChI=1S/C25H46O2Si2/c1-24-13-12-22-21(23(24)16-20(17-24)27-29(6,7)8)10-9-18-15-19(26-28(3,4)5)11-14-25(18,22)2/h9,19-23H,10-17H2,1-8H3/t19-,20-,21+,22-,23-,24+,25-/m0/s1. The Morgan fingerprint density at radius 2 is 1.52 bits per heavy atom. The smallest absolute Gasteiger partial charge is 0.184 e. The third-order valence-corrected chi connectivity index (χ3v) is 10.9. The van der Waals surface area contributed by atoms with Crippen LogP contribution in [0.3, 0.4) is 0 Å². The van der Waals surface area contributed by atoms with Gasteiger partial charge in [0, 0.05) is 12.2 Å². The second kappa shape index (κ2) is 7.32. The predicted molar refractivity (Wildman–Crippen MR) is 128 cm³/mol. The van der Waals surface area contributed by atoms with E-state index in [2.05, 4.69) is 59.2 Å². The van der Waals surface area contributed by atoms with Gasteiger partial charge in [0.2, 0.25) is 0 Å². The first kappa shape index (κ1) is 22.3. The van der Waals surface area contributed by atoms with Crippen molar-refractivity contribution in [2.24, 2.45) is 28.6 Å². The second-order valence-electron chi connectivity index (χ2n) is 13.3. The first-order valence-electron chi connectivity index (χ1n) is 12.3. The molecule has 0 radical (unpaired) electrons. The Morgan fingerprint density at radius 1 is 0.862 bits per heavy atom. The number of hydrogen-bond acceptors (Lipinski definition) is 2. The number of rotatable bonds is 4. The topological polar surface area (TPSA) is 18.5 Å². The molecule has 0 heterocycles. The zero-order chi connectivity index (χ0) is 21.2. The van der Waals surface area contributed by atoms with Gasteiger partial charge in [0.1, 0.15) is 0 Å². The van der Waals surface area contributed by atoms with Gasteiger partial charge in [0.15, 0.2) is 16.6 Å². The maximum atomic E-state index is 6.64. The van der Waals surface area contributed by atoms with Crippen LogP contribution >= 0.6 is 0 Å². The highest BCUT2D eigenvalue weighted by atomic mass is 28.4. The minimum Gasteiger partial charge on any atom is -0.415 e. The monoisotopic (exact) mass is 434 g/mol. The van der Waals surface area contributed by atoms with E-state index in [4.69, 9.17) is 8.85 Å². The average molecular weight is 435 g/mol. The molecule has 0 bridgehead atoms. The molecule has 29 heavy (non-hydrogen) atoms. The molecule has 7 atom stereocenters. The van der Waals surface area contributed by atoms with Gasteiger partial charge in [-0.2, -0.15) is 0 Å². The zero-order valence-corrected chi connectivity index (χ0v) is 22.4. The molecule has 0 N–H and O–H groups in total. The Morgan fingerprint density at radius 3 is 2.17 bits per heavy atom. The Kier molecular flexibility index (Phi) is 5.62. The summed E-state index contributed by atoms with van der Waals surface area (Å²) in [7, 11) is -2.91. The second-order valence-corrected chi connectivity index (χ2v) is 22.3. The third kappa shape index (κ3) is 4.38. The molecule has 2 nitrogen and oxygen atoms in total. The van der Waals surface area contributed by atoms with E-state index < -0.39 is 16.6 Å². The molecule has 0 spiro atoms. The van der Waals surface area contributed by atoms with Crippen molar-refractivity contribution in [3.05, 3.63) is 11.6 Å². The Balaban J connectivity index is 1.52. The van der Waals surface area contributed by atoms with Crippen LogP contribution in [0.25, 0.3) is 0 Å². The van der Waals surface area contributed by atoms with Gasteiger partial charge in [-0.3, -0.25) is 0 Å². The average Bonchev–Trinajstić information content (AvgIpc) is 2.88. The highest BCUT2D eigenvalue weighted by molar-refractivity contribution is 6.70. The molecule has 0 aromatic rings. The maximum Gasteiger partial charge on any atom is 0.184 e. The molecular formula is C25H46O2Si2. The van der Waals surface area contributed by atoms with Crippen molar-refractivity contribution < 1.29 is 8.85 Å². The quantitative estimate of drug-likeness (QED) is 0.339. The summed E-state index contributed by atoms with van der Waals surface area (Å²) in [4.78, 5) is 0. The van der Waals surface area contributed by atoms with E-state index in [9.17, 15) is 0 Å². The number of fused-ring (bicyclic) bond motifs is 5. The van der Waals surface area contributed by atoms with Crippen molar-refractivity contribution in [3.63, 3.8) is 0 Å². The number of allylic oxidation sites excluding steroid dienone is 1. The molecule has 3 fully saturated rings. The molecule has 3 saturated carbocycles. The van der Waals surface area contributed by atoms with Crippen LogP contribution in [-0.2, 0) is 8.85 Å². The zero-order valence-electron chi connectivity index (χ0n) is 20.4. The molecule has 0 saturated heterocycles. The van der Waals surface area contributed by atoms with Crippen molar-refractivity contribution in [1.82, 2.24) is 0 Å². The van der Waals surface area contributed by atoms with Gasteiger partial charge in [-0.1, -0.05) is 25.5 Å². The highest BCUT2D eigenvalue weighted by Gasteiger charge is 2.58. The van der Waals surface area contributed by atoms with Crippen LogP contribution < -0.4 is 0 Å². The summed E-state index contributed by atoms with van der Waals surface area (Å²) < 4.78 is 13.2. The number of hydrogen-bond donors (Lipinski definition) is 0. The van der Waals surface area contributed by atoms with Gasteiger partial charge in [0.25, 0.3) is 0 Å². The fourth-order valence-corrected chi connectivity index (χ4v) is 10.2. The molecule has 0 unspecified atom stereocenters. The largest absolute Gasteiger partial charge is 0.415 e. The summed E-state index contributed by atoms with van der Waals surface area (Å²) >= 11 is 0. The Bertz CT molecular complexity index is 661. The predicted octanol–water partition coefficient (Wildman–Crippen LogP) is 7.39. The summed E-state index contributed by atoms with van der Waals surface area (Å²) in [6.07, 6.45) is 14.3. The summed E-state index contributed by atoms with van der Waals surface area (Å²) in [5, 5.41) is 0. The molecule has 0 aromatic carbocycles. The van der Waals surface area contributed by atoms with Gasteiger partial charge in [-0.05, 0) is 119 Å². The van der Waals surface area contributed by atoms with Gasteiger partial charge in [-0.15, -0.1) is 0 Å². The summed E-state index contributed by atoms with van der Waals surface area (Å²) in [6.45, 7) is 19.3. The Hall–Kier alpha value is 0.0938. The molecule has 0 aliphatic heterocycles. The van der Waals surface area contributed by atoms with E-state index in [-0.39, 0.29) is 0 Å². The van der Waals surface area contributed by atoms with Crippen LogP contribution in [-0.4, -0.2) is 28.8 Å². The van der Waals surface area contributed by atoms with Gasteiger partial charge in [0.05, 0.1) is 0 Å². The van der Waals surface area contributed by atoms with Crippen LogP contribution in [0.2, 0.25) is 39.3 Å². The lowest BCUT2D eigenvalue weighted by Gasteiger charge is -2.57. The summed E-state index contributed by atoms with van der Waals surface area (Å²) in [6, 6.07) is 0. The van der Waals surface area contributed by atoms with Gasteiger partial charge >= 0.3 is 0 Å². The van der Waals surface area contributed by atoms with Crippen molar-refractivity contribution in [2.45, 2.75) is 117 Å². The molecule has 0 aromatic heterocycles. The minimum atomic E-state index is -1.46. The lowest BCUT2D eigenvalue weighted by molar-refractivity contribution is -0.0344. The normalized spacial score (nSPS) is 45.2. The fourth-order valence-electron chi connectivity index (χ4n) is 7.81. The molecular weight excluding hydrogens is 388 g/mol. The van der Waals surface area contributed by atoms with Crippen LogP contribution in [0.15, 0.2) is 11.6 Å². The molecule has 4 aliphatic carbocycles. The molecule has 0 amide bonds. The van der Waals surface area contributed by atoms with Crippen LogP contribution in [0.1, 0.15) is 65.2 Å². The van der Waals surface area contributed by atoms with Gasteiger partial charge in [-0.25, -0.2) is 0 Å². The SMILES string of the molecule is C[C@]12CC[C@H]3[C@@H](CC=C4C[C@@H](O[Si](C)(C)C)CC[C@@]43C)[C@@H]1C[C@H](O[Si](C)(C)C)C2. The van der Waals surface area contributed by atoms with E-state index in [0.29, 0.717) is 23.0 Å². The molecule has 4 heteroatoms. The third-order valence-electron chi connectivity index (χ3n) is 8.83. The van der Waals surface area contributed by atoms with Crippen molar-refractivity contribution in [3.8, 4) is 0 Å². The first-order valence-corrected chi connectivity index (χ1v) is 19.2. The Labute approximate surface area is 182 Å². The lowest BCUT2D eigenvalue weighted by Crippen LogP contribution is -2.50. The van der Waals surface area contributed by atoms with Crippen LogP contribution in [0.5, 0.6) is 0 Å². The van der Waals surface area contributed by atoms with Crippen LogP contribution in [0, 0.1) is 28.6 Å².